The van der Waals surface area contributed by atoms with Crippen LogP contribution in [0, 0.1) is 0 Å². The van der Waals surface area contributed by atoms with Crippen molar-refractivity contribution in [1.82, 2.24) is 0 Å². The Morgan fingerprint density at radius 2 is 1.03 bits per heavy atom. The van der Waals surface area contributed by atoms with Crippen LogP contribution in [0.4, 0.5) is 43.9 Å². The Morgan fingerprint density at radius 1 is 0.657 bits per heavy atom. The van der Waals surface area contributed by atoms with Gasteiger partial charge in [-0.15, -0.1) is 0 Å². The number of alkyl halides is 10. The van der Waals surface area contributed by atoms with Gasteiger partial charge in [-0.25, -0.2) is 16.8 Å². The van der Waals surface area contributed by atoms with Gasteiger partial charge in [0.1, 0.15) is 0 Å². The molecule has 0 saturated carbocycles. The average Bonchev–Trinajstić information content (AvgIpc) is 3.15. The molecule has 0 unspecified atom stereocenters. The van der Waals surface area contributed by atoms with Gasteiger partial charge in [0.2, 0.25) is 0 Å². The zero-order valence-corrected chi connectivity index (χ0v) is 20.5. The Kier molecular flexibility index (Phi) is 11.8. The van der Waals surface area contributed by atoms with Gasteiger partial charge in [0.25, 0.3) is 0 Å². The number of unbranched alkanes of at least 4 members (excludes halogenated alkanes) is 4. The van der Waals surface area contributed by atoms with Gasteiger partial charge in [-0.05, 0) is 19.8 Å². The summed E-state index contributed by atoms with van der Waals surface area (Å²) in [5, 5.41) is -14.0. The summed E-state index contributed by atoms with van der Waals surface area (Å²) in [7, 11) is -15.2. The van der Waals surface area contributed by atoms with E-state index in [1.165, 1.54) is 75.6 Å². The molecule has 0 bridgehead atoms. The maximum Gasteiger partial charge on any atom is 0.467 e. The van der Waals surface area contributed by atoms with Crippen LogP contribution in [0.5, 0.6) is 0 Å². The van der Waals surface area contributed by atoms with E-state index in [2.05, 4.69) is 13.8 Å². The molecule has 0 aromatic carbocycles. The van der Waals surface area contributed by atoms with Crippen molar-refractivity contribution in [2.45, 2.75) is 81.7 Å². The lowest BCUT2D eigenvalue weighted by Crippen LogP contribution is -2.48. The van der Waals surface area contributed by atoms with E-state index in [0.717, 1.165) is 0 Å². The van der Waals surface area contributed by atoms with Gasteiger partial charge in [0, 0.05) is 12.8 Å². The number of quaternary nitrogens is 1. The summed E-state index contributed by atoms with van der Waals surface area (Å²) in [4.78, 5) is 0. The van der Waals surface area contributed by atoms with Crippen LogP contribution < -0.4 is 0 Å². The van der Waals surface area contributed by atoms with Crippen LogP contribution >= 0.6 is 0 Å². The first-order valence-corrected chi connectivity index (χ1v) is 13.4. The molecular formula is C17H28F10N2O4S2. The van der Waals surface area contributed by atoms with E-state index in [9.17, 15) is 60.7 Å². The summed E-state index contributed by atoms with van der Waals surface area (Å²) >= 11 is 0. The zero-order valence-electron chi connectivity index (χ0n) is 18.9. The summed E-state index contributed by atoms with van der Waals surface area (Å²) < 4.78 is 162. The molecule has 1 aliphatic rings. The molecule has 0 aromatic rings. The monoisotopic (exact) mass is 578 g/mol. The lowest BCUT2D eigenvalue weighted by molar-refractivity contribution is -0.915. The first-order chi connectivity index (χ1) is 15.5. The Bertz CT molecular complexity index is 812. The fourth-order valence-corrected chi connectivity index (χ4v) is 5.64. The van der Waals surface area contributed by atoms with Gasteiger partial charge in [0.15, 0.2) is 20.0 Å². The van der Waals surface area contributed by atoms with E-state index < -0.39 is 42.9 Å². The molecule has 1 fully saturated rings. The topological polar surface area (TPSA) is 82.4 Å². The lowest BCUT2D eigenvalue weighted by Gasteiger charge is -2.33. The van der Waals surface area contributed by atoms with Gasteiger partial charge in [-0.2, -0.15) is 43.9 Å². The van der Waals surface area contributed by atoms with Crippen LogP contribution in [0.2, 0.25) is 0 Å². The smallest absolute Gasteiger partial charge is 0.425 e. The minimum Gasteiger partial charge on any atom is -0.425 e. The van der Waals surface area contributed by atoms with Crippen LogP contribution in [0.1, 0.15) is 58.8 Å². The number of hydrogen-bond acceptors (Lipinski definition) is 4. The van der Waals surface area contributed by atoms with E-state index in [4.69, 9.17) is 0 Å². The Hall–Kier alpha value is -0.880. The standard InChI is InChI=1S/C13H28N.C4F10NO4S2/c1-3-5-6-7-8-11-14(4-2)12-9-10-13-14;5-1(6,7)3(11,12)20(16,17)15-21(18,19)4(13,14)2(8,9)10/h3-13H2,1-2H3;/q+1;-1. The summed E-state index contributed by atoms with van der Waals surface area (Å²) in [6.45, 7) is 10.4. The molecule has 1 rings (SSSR count). The molecule has 6 nitrogen and oxygen atoms in total. The number of sulfonamides is 2. The van der Waals surface area contributed by atoms with E-state index in [0.29, 0.717) is 4.13 Å². The Morgan fingerprint density at radius 3 is 1.34 bits per heavy atom. The van der Waals surface area contributed by atoms with Crippen molar-refractivity contribution in [2.75, 3.05) is 26.2 Å². The first-order valence-electron chi connectivity index (χ1n) is 10.5. The second kappa shape index (κ2) is 12.1. The summed E-state index contributed by atoms with van der Waals surface area (Å²) in [5.41, 5.74) is 0. The Balaban J connectivity index is 0.000000712. The number of hydrogen-bond donors (Lipinski definition) is 0. The van der Waals surface area contributed by atoms with Gasteiger partial charge >= 0.3 is 22.9 Å². The fourth-order valence-electron chi connectivity index (χ4n) is 3.27. The molecule has 0 N–H and O–H groups in total. The highest BCUT2D eigenvalue weighted by Crippen LogP contribution is 2.47. The maximum atomic E-state index is 12.3. The van der Waals surface area contributed by atoms with Gasteiger partial charge in [-0.3, -0.25) is 0 Å². The molecule has 0 atom stereocenters. The Labute approximate surface area is 197 Å². The molecule has 1 aliphatic heterocycles. The van der Waals surface area contributed by atoms with Crippen molar-refractivity contribution < 1.29 is 65.2 Å². The average molecular weight is 579 g/mol. The fraction of sp³-hybridized carbons (Fsp3) is 1.00. The molecule has 1 heterocycles. The predicted octanol–water partition coefficient (Wildman–Crippen LogP) is 5.92. The van der Waals surface area contributed by atoms with E-state index in [1.807, 2.05) is 0 Å². The van der Waals surface area contributed by atoms with Crippen LogP contribution in [0.3, 0.4) is 0 Å². The van der Waals surface area contributed by atoms with Crippen molar-refractivity contribution >= 4 is 20.0 Å². The summed E-state index contributed by atoms with van der Waals surface area (Å²) in [6.07, 6.45) is -3.86. The molecule has 212 valence electrons. The third-order valence-electron chi connectivity index (χ3n) is 5.43. The van der Waals surface area contributed by atoms with E-state index in [-0.39, 0.29) is 0 Å². The third kappa shape index (κ3) is 8.59. The van der Waals surface area contributed by atoms with Crippen LogP contribution in [0.25, 0.3) is 4.13 Å². The normalized spacial score (nSPS) is 17.7. The van der Waals surface area contributed by atoms with Crippen molar-refractivity contribution in [1.29, 1.82) is 0 Å². The third-order valence-corrected chi connectivity index (χ3v) is 8.75. The minimum absolute atomic E-state index is 0.422. The van der Waals surface area contributed by atoms with Crippen molar-refractivity contribution in [3.05, 3.63) is 4.13 Å². The van der Waals surface area contributed by atoms with Crippen molar-refractivity contribution in [3.63, 3.8) is 0 Å². The van der Waals surface area contributed by atoms with Gasteiger partial charge < -0.3 is 8.61 Å². The molecule has 35 heavy (non-hydrogen) atoms. The second-order valence-corrected chi connectivity index (χ2v) is 11.5. The summed E-state index contributed by atoms with van der Waals surface area (Å²) in [5.74, 6) is 0. The molecule has 0 aliphatic carbocycles. The number of nitrogens with zero attached hydrogens (tertiary/aromatic N) is 2. The molecule has 0 aromatic heterocycles. The molecule has 0 radical (unpaired) electrons. The second-order valence-electron chi connectivity index (χ2n) is 8.00. The van der Waals surface area contributed by atoms with E-state index >= 15 is 0 Å². The molecule has 18 heteroatoms. The number of likely N-dealkylation sites (tertiary alicyclic amines) is 1. The summed E-state index contributed by atoms with van der Waals surface area (Å²) in [6, 6.07) is 0. The van der Waals surface area contributed by atoms with Gasteiger partial charge in [-0.1, -0.05) is 26.2 Å². The molecular weight excluding hydrogens is 550 g/mol. The highest BCUT2D eigenvalue weighted by molar-refractivity contribution is 8.13. The van der Waals surface area contributed by atoms with E-state index in [1.54, 1.807) is 0 Å². The van der Waals surface area contributed by atoms with Crippen molar-refractivity contribution in [3.8, 4) is 0 Å². The van der Waals surface area contributed by atoms with Crippen molar-refractivity contribution in [2.24, 2.45) is 0 Å². The molecule has 1 saturated heterocycles. The van der Waals surface area contributed by atoms with Crippen LogP contribution in [-0.4, -0.2) is 70.4 Å². The number of rotatable bonds is 11. The highest BCUT2D eigenvalue weighted by Gasteiger charge is 2.68. The maximum absolute atomic E-state index is 12.3. The number of halogens is 10. The van der Waals surface area contributed by atoms with Crippen LogP contribution in [0.15, 0.2) is 0 Å². The lowest BCUT2D eigenvalue weighted by atomic mass is 10.1. The minimum atomic E-state index is -7.62. The predicted molar refractivity (Wildman–Crippen MR) is 107 cm³/mol. The highest BCUT2D eigenvalue weighted by atomic mass is 32.3. The zero-order chi connectivity index (χ0) is 28.0. The molecule has 0 spiro atoms. The largest absolute Gasteiger partial charge is 0.467 e. The quantitative estimate of drug-likeness (QED) is 0.173. The molecule has 0 amide bonds. The SMILES string of the molecule is CCCCCCC[N+]1(CC)CCCC1.O=S(=O)([N-]S(=O)(=O)C(F)(F)C(F)(F)F)C(F)(F)C(F)(F)F. The first kappa shape index (κ1) is 34.1. The van der Waals surface area contributed by atoms with Crippen LogP contribution in [-0.2, 0) is 20.0 Å². The van der Waals surface area contributed by atoms with Gasteiger partial charge in [0.05, 0.1) is 26.2 Å².